The summed E-state index contributed by atoms with van der Waals surface area (Å²) in [6, 6.07) is 18.4. The Morgan fingerprint density at radius 3 is 1.90 bits per heavy atom. The maximum atomic E-state index is 13.4. The molecule has 2 aromatic heterocycles. The summed E-state index contributed by atoms with van der Waals surface area (Å²) in [6.07, 6.45) is -1.16. The molecule has 0 atom stereocenters. The molecule has 13 nitrogen and oxygen atoms in total. The van der Waals surface area contributed by atoms with Crippen LogP contribution in [0.15, 0.2) is 96.2 Å². The second kappa shape index (κ2) is 19.6. The quantitative estimate of drug-likeness (QED) is 0.225. The first-order valence-corrected chi connectivity index (χ1v) is 13.4. The number of aromatic nitrogens is 2. The lowest BCUT2D eigenvalue weighted by atomic mass is 10.0. The molecule has 0 radical (unpaired) electrons. The van der Waals surface area contributed by atoms with Gasteiger partial charge in [-0.2, -0.15) is 13.2 Å². The van der Waals surface area contributed by atoms with Crippen molar-refractivity contribution in [3.63, 3.8) is 0 Å². The minimum absolute atomic E-state index is 0. The molecule has 0 saturated carbocycles. The van der Waals surface area contributed by atoms with Crippen LogP contribution < -0.4 is 26.0 Å². The number of carbonyl (C=O) groups excluding carboxylic acids is 1. The van der Waals surface area contributed by atoms with Crippen LogP contribution in [0.4, 0.5) is 29.1 Å². The third kappa shape index (κ3) is 11.0. The highest BCUT2D eigenvalue weighted by Gasteiger charge is 2.29. The number of nitrogen functional groups attached to an aromatic ring is 1. The van der Waals surface area contributed by atoms with Crippen molar-refractivity contribution in [1.82, 2.24) is 9.55 Å². The Bertz CT molecular complexity index is 1940. The molecule has 5 rings (SSSR count). The van der Waals surface area contributed by atoms with Gasteiger partial charge in [0.1, 0.15) is 23.7 Å². The molecule has 1 amide bonds. The minimum Gasteiger partial charge on any atom is -0.493 e. The van der Waals surface area contributed by atoms with Crippen LogP contribution in [0.25, 0.3) is 33.4 Å². The fourth-order valence-corrected chi connectivity index (χ4v) is 4.74. The molecule has 0 aliphatic rings. The third-order valence-electron chi connectivity index (χ3n) is 6.93. The van der Waals surface area contributed by atoms with Gasteiger partial charge in [-0.05, 0) is 59.2 Å². The number of amides is 1. The first-order valence-electron chi connectivity index (χ1n) is 13.4. The van der Waals surface area contributed by atoms with E-state index in [2.05, 4.69) is 10.3 Å². The number of halogens is 5. The summed E-state index contributed by atoms with van der Waals surface area (Å²) < 4.78 is 64.5. The molecule has 0 fully saturated rings. The Morgan fingerprint density at radius 2 is 1.33 bits per heavy atom. The number of nitrogens with two attached hydrogens (primary N) is 1. The van der Waals surface area contributed by atoms with Crippen molar-refractivity contribution in [2.24, 2.45) is 0 Å². The summed E-state index contributed by atoms with van der Waals surface area (Å²) in [7, 11) is 3.08. The van der Waals surface area contributed by atoms with E-state index in [4.69, 9.17) is 15.2 Å². The fraction of sp³-hybridized carbons (Fsp3) is 0.121. The van der Waals surface area contributed by atoms with Crippen molar-refractivity contribution < 1.29 is 59.2 Å². The Kier molecular flexibility index (Phi) is 18.3. The standard InChI is InChI=1S/C33H26F4N4O4.ClH.5H2O/c1-44-28-12-7-21(14-29(28)45-2)22-13-25(31(38)39-15-22)19-5-10-24(11-6-19)40-32(43)27-17-41(18-33(35,36)37)16-26(30(27)42)20-3-8-23(34)9-4-20;;;;;;/h3-17H,18H2,1-2H3,(H2,38,39)(H,40,43);1H;5*1H2. The Morgan fingerprint density at radius 1 is 0.784 bits per heavy atom. The monoisotopic (exact) mass is 744 g/mol. The van der Waals surface area contributed by atoms with Gasteiger partial charge in [-0.15, -0.1) is 12.4 Å². The minimum atomic E-state index is -4.62. The van der Waals surface area contributed by atoms with Gasteiger partial charge in [-0.3, -0.25) is 9.59 Å². The van der Waals surface area contributed by atoms with E-state index >= 15 is 0 Å². The van der Waals surface area contributed by atoms with Crippen LogP contribution in [0.3, 0.4) is 0 Å². The number of benzene rings is 3. The highest BCUT2D eigenvalue weighted by Crippen LogP contribution is 2.35. The van der Waals surface area contributed by atoms with Crippen molar-refractivity contribution >= 4 is 29.8 Å². The molecular weight excluding hydrogens is 708 g/mol. The molecular formula is C33H37ClF4N4O9. The van der Waals surface area contributed by atoms with Crippen LogP contribution in [-0.2, 0) is 6.54 Å². The zero-order valence-electron chi connectivity index (χ0n) is 26.9. The number of nitrogens with one attached hydrogen (secondary N) is 1. The molecule has 0 saturated heterocycles. The summed E-state index contributed by atoms with van der Waals surface area (Å²) in [5.74, 6) is -0.120. The summed E-state index contributed by atoms with van der Waals surface area (Å²) >= 11 is 0. The number of hydrogen-bond acceptors (Lipinski definition) is 6. The maximum absolute atomic E-state index is 13.4. The van der Waals surface area contributed by atoms with Crippen LogP contribution in [0.2, 0.25) is 0 Å². The number of alkyl halides is 3. The van der Waals surface area contributed by atoms with Gasteiger partial charge >= 0.3 is 6.18 Å². The summed E-state index contributed by atoms with van der Waals surface area (Å²) in [5, 5.41) is 2.56. The predicted molar refractivity (Wildman–Crippen MR) is 188 cm³/mol. The van der Waals surface area contributed by atoms with Gasteiger partial charge in [-0.25, -0.2) is 9.37 Å². The van der Waals surface area contributed by atoms with Crippen LogP contribution in [0.5, 0.6) is 11.5 Å². The van der Waals surface area contributed by atoms with Gasteiger partial charge < -0.3 is 52.5 Å². The van der Waals surface area contributed by atoms with Gasteiger partial charge in [0.15, 0.2) is 11.5 Å². The van der Waals surface area contributed by atoms with Crippen molar-refractivity contribution in [3.05, 3.63) is 113 Å². The van der Waals surface area contributed by atoms with Crippen LogP contribution in [-0.4, -0.2) is 63.2 Å². The second-order valence-corrected chi connectivity index (χ2v) is 9.97. The van der Waals surface area contributed by atoms with Gasteiger partial charge in [0.2, 0.25) is 5.43 Å². The normalized spacial score (nSPS) is 9.92. The van der Waals surface area contributed by atoms with Gasteiger partial charge in [-0.1, -0.05) is 30.3 Å². The third-order valence-corrected chi connectivity index (χ3v) is 6.93. The molecule has 0 bridgehead atoms. The van der Waals surface area contributed by atoms with Gasteiger partial charge in [0.25, 0.3) is 5.91 Å². The Labute approximate surface area is 294 Å². The van der Waals surface area contributed by atoms with Crippen molar-refractivity contribution in [2.75, 3.05) is 25.3 Å². The highest BCUT2D eigenvalue weighted by atomic mass is 35.5. The average Bonchev–Trinajstić information content (AvgIpc) is 3.02. The molecule has 0 aliphatic heterocycles. The molecule has 0 spiro atoms. The number of carbonyl (C=O) groups is 1. The Hall–Kier alpha value is -5.56. The predicted octanol–water partition coefficient (Wildman–Crippen LogP) is 3.10. The lowest BCUT2D eigenvalue weighted by Gasteiger charge is -2.14. The van der Waals surface area contributed by atoms with Crippen molar-refractivity contribution in [2.45, 2.75) is 12.7 Å². The smallest absolute Gasteiger partial charge is 0.406 e. The van der Waals surface area contributed by atoms with E-state index in [-0.39, 0.29) is 62.4 Å². The van der Waals surface area contributed by atoms with E-state index in [9.17, 15) is 27.2 Å². The van der Waals surface area contributed by atoms with Gasteiger partial charge in [0.05, 0.1) is 14.2 Å². The van der Waals surface area contributed by atoms with Crippen LogP contribution >= 0.6 is 12.4 Å². The fourth-order valence-electron chi connectivity index (χ4n) is 4.74. The molecule has 278 valence electrons. The van der Waals surface area contributed by atoms with Crippen molar-refractivity contribution in [1.29, 1.82) is 0 Å². The van der Waals surface area contributed by atoms with E-state index < -0.39 is 35.4 Å². The number of rotatable bonds is 8. The number of nitrogens with zero attached hydrogens (tertiary/aromatic N) is 2. The van der Waals surface area contributed by atoms with Crippen molar-refractivity contribution in [3.8, 4) is 44.9 Å². The number of ether oxygens (including phenoxy) is 2. The van der Waals surface area contributed by atoms with E-state index in [0.717, 1.165) is 35.7 Å². The molecule has 2 heterocycles. The summed E-state index contributed by atoms with van der Waals surface area (Å²) in [6.45, 7) is -1.44. The van der Waals surface area contributed by atoms with E-state index in [0.29, 0.717) is 27.2 Å². The number of methoxy groups -OCH3 is 2. The van der Waals surface area contributed by atoms with E-state index in [1.54, 1.807) is 43.6 Å². The number of pyridine rings is 2. The highest BCUT2D eigenvalue weighted by molar-refractivity contribution is 6.04. The topological polar surface area (TPSA) is 266 Å². The van der Waals surface area contributed by atoms with Gasteiger partial charge in [0, 0.05) is 41.0 Å². The molecule has 13 N–H and O–H groups in total. The maximum Gasteiger partial charge on any atom is 0.406 e. The Balaban J connectivity index is 0. The largest absolute Gasteiger partial charge is 0.493 e. The zero-order valence-corrected chi connectivity index (χ0v) is 27.7. The SMILES string of the molecule is COc1ccc(-c2cnc(N)c(-c3ccc(NC(=O)c4cn(CC(F)(F)F)cc(-c5ccc(F)cc5)c4=O)cc3)c2)cc1OC.Cl.O.O.O.O.O. The van der Waals surface area contributed by atoms with E-state index in [1.165, 1.54) is 19.2 Å². The summed E-state index contributed by atoms with van der Waals surface area (Å²) in [4.78, 5) is 30.7. The van der Waals surface area contributed by atoms with Crippen LogP contribution in [0.1, 0.15) is 10.4 Å². The molecule has 0 unspecified atom stereocenters. The molecule has 51 heavy (non-hydrogen) atoms. The number of anilines is 2. The summed E-state index contributed by atoms with van der Waals surface area (Å²) in [5.41, 5.74) is 7.97. The van der Waals surface area contributed by atoms with E-state index in [1.807, 2.05) is 18.2 Å². The second-order valence-electron chi connectivity index (χ2n) is 9.97. The lowest BCUT2D eigenvalue weighted by Crippen LogP contribution is -2.27. The first-order chi connectivity index (χ1) is 21.5. The molecule has 0 aliphatic carbocycles. The average molecular weight is 745 g/mol. The van der Waals surface area contributed by atoms with Crippen LogP contribution in [0, 0.1) is 5.82 Å². The molecule has 3 aromatic carbocycles. The molecule has 18 heteroatoms. The first kappa shape index (κ1) is 47.6. The molecule has 5 aromatic rings. The zero-order chi connectivity index (χ0) is 32.3. The number of hydrogen-bond donors (Lipinski definition) is 2. The lowest BCUT2D eigenvalue weighted by molar-refractivity contribution is -0.140.